The lowest BCUT2D eigenvalue weighted by molar-refractivity contribution is -0.141. The third kappa shape index (κ3) is 9.13. The van der Waals surface area contributed by atoms with Gasteiger partial charge < -0.3 is 30.4 Å². The molecule has 0 aliphatic carbocycles. The molecule has 2 atom stereocenters. The first-order chi connectivity index (χ1) is 17.9. The predicted octanol–water partition coefficient (Wildman–Crippen LogP) is 1.26. The number of hydrogen-bond acceptors (Lipinski definition) is 7. The molecule has 0 bridgehead atoms. The summed E-state index contributed by atoms with van der Waals surface area (Å²) in [4.78, 5) is 57.0. The minimum Gasteiger partial charge on any atom is -0.468 e. The summed E-state index contributed by atoms with van der Waals surface area (Å²) in [5.41, 5.74) is 2.18. The van der Waals surface area contributed by atoms with Gasteiger partial charge in [0.2, 0.25) is 11.8 Å². The Balaban J connectivity index is 1.70. The minimum atomic E-state index is -1.07. The SMILES string of the molecule is COC(=O)CNC(=O)[C@H](Cc1ccccc1)NC(=O)[C@H](Cc1cnc[nH]1)NC(=O)OCc1ccccc1. The van der Waals surface area contributed by atoms with Crippen LogP contribution in [0.15, 0.2) is 73.2 Å². The molecule has 11 heteroatoms. The fraction of sp³-hybridized carbons (Fsp3) is 0.269. The largest absolute Gasteiger partial charge is 0.468 e. The second kappa shape index (κ2) is 14.0. The van der Waals surface area contributed by atoms with Crippen LogP contribution in [0.2, 0.25) is 0 Å². The number of imidazole rings is 1. The van der Waals surface area contributed by atoms with E-state index in [9.17, 15) is 19.2 Å². The van der Waals surface area contributed by atoms with Crippen molar-refractivity contribution in [2.24, 2.45) is 0 Å². The van der Waals surface area contributed by atoms with Gasteiger partial charge in [0, 0.05) is 24.7 Å². The summed E-state index contributed by atoms with van der Waals surface area (Å²) in [6, 6.07) is 16.1. The molecule has 2 aromatic carbocycles. The van der Waals surface area contributed by atoms with Crippen LogP contribution in [0.3, 0.4) is 0 Å². The molecule has 0 unspecified atom stereocenters. The van der Waals surface area contributed by atoms with Gasteiger partial charge in [-0.15, -0.1) is 0 Å². The number of carbonyl (C=O) groups excluding carboxylic acids is 4. The Morgan fingerprint density at radius 2 is 1.51 bits per heavy atom. The first-order valence-electron chi connectivity index (χ1n) is 11.6. The number of H-pyrrole nitrogens is 1. The zero-order chi connectivity index (χ0) is 26.5. The number of nitrogens with zero attached hydrogens (tertiary/aromatic N) is 1. The first-order valence-corrected chi connectivity index (χ1v) is 11.6. The lowest BCUT2D eigenvalue weighted by Gasteiger charge is -2.23. The second-order valence-electron chi connectivity index (χ2n) is 8.08. The van der Waals surface area contributed by atoms with E-state index < -0.39 is 36.0 Å². The maximum atomic E-state index is 13.3. The van der Waals surface area contributed by atoms with E-state index in [-0.39, 0.29) is 26.0 Å². The number of carbonyl (C=O) groups is 4. The van der Waals surface area contributed by atoms with Gasteiger partial charge in [-0.05, 0) is 11.1 Å². The number of aromatic amines is 1. The van der Waals surface area contributed by atoms with Crippen LogP contribution in [-0.2, 0) is 43.3 Å². The van der Waals surface area contributed by atoms with Crippen molar-refractivity contribution in [2.45, 2.75) is 31.5 Å². The van der Waals surface area contributed by atoms with Crippen molar-refractivity contribution in [2.75, 3.05) is 13.7 Å². The molecule has 0 saturated heterocycles. The standard InChI is InChI=1S/C26H29N5O6/c1-36-23(32)15-28-24(33)21(12-18-8-4-2-5-9-18)30-25(34)22(13-20-14-27-17-29-20)31-26(35)37-16-19-10-6-3-7-11-19/h2-11,14,17,21-22H,12-13,15-16H2,1H3,(H,27,29)(H,28,33)(H,30,34)(H,31,35)/t21-,22-/m0/s1. The van der Waals surface area contributed by atoms with E-state index in [1.165, 1.54) is 19.6 Å². The van der Waals surface area contributed by atoms with Crippen LogP contribution in [0.5, 0.6) is 0 Å². The van der Waals surface area contributed by atoms with Crippen LogP contribution in [-0.4, -0.2) is 59.6 Å². The van der Waals surface area contributed by atoms with Crippen LogP contribution in [0.1, 0.15) is 16.8 Å². The lowest BCUT2D eigenvalue weighted by Crippen LogP contribution is -2.55. The number of alkyl carbamates (subject to hydrolysis) is 1. The highest BCUT2D eigenvalue weighted by Gasteiger charge is 2.28. The zero-order valence-corrected chi connectivity index (χ0v) is 20.3. The average Bonchev–Trinajstić information content (AvgIpc) is 3.44. The van der Waals surface area contributed by atoms with E-state index in [0.29, 0.717) is 5.69 Å². The topological polar surface area (TPSA) is 152 Å². The van der Waals surface area contributed by atoms with Gasteiger partial charge in [-0.2, -0.15) is 0 Å². The van der Waals surface area contributed by atoms with Crippen molar-refractivity contribution in [1.82, 2.24) is 25.9 Å². The molecule has 1 heterocycles. The Morgan fingerprint density at radius 3 is 2.14 bits per heavy atom. The van der Waals surface area contributed by atoms with Crippen LogP contribution in [0.4, 0.5) is 4.79 Å². The van der Waals surface area contributed by atoms with Crippen molar-refractivity contribution in [1.29, 1.82) is 0 Å². The summed E-state index contributed by atoms with van der Waals surface area (Å²) < 4.78 is 9.83. The Hall–Kier alpha value is -4.67. The van der Waals surface area contributed by atoms with Crippen molar-refractivity contribution in [3.8, 4) is 0 Å². The molecule has 3 aromatic rings. The van der Waals surface area contributed by atoms with Gasteiger partial charge in [-0.1, -0.05) is 60.7 Å². The van der Waals surface area contributed by atoms with Crippen molar-refractivity contribution in [3.05, 3.63) is 90.0 Å². The van der Waals surface area contributed by atoms with Gasteiger partial charge in [0.1, 0.15) is 25.2 Å². The summed E-state index contributed by atoms with van der Waals surface area (Å²) in [7, 11) is 1.21. The van der Waals surface area contributed by atoms with Crippen LogP contribution in [0, 0.1) is 0 Å². The number of methoxy groups -OCH3 is 1. The number of ether oxygens (including phenoxy) is 2. The molecule has 11 nitrogen and oxygen atoms in total. The molecule has 0 aliphatic heterocycles. The van der Waals surface area contributed by atoms with Gasteiger partial charge in [0.25, 0.3) is 0 Å². The summed E-state index contributed by atoms with van der Waals surface area (Å²) in [5, 5.41) is 7.72. The van der Waals surface area contributed by atoms with Crippen molar-refractivity contribution >= 4 is 23.9 Å². The first kappa shape index (κ1) is 26.9. The molecule has 0 spiro atoms. The highest BCUT2D eigenvalue weighted by molar-refractivity contribution is 5.92. The fourth-order valence-corrected chi connectivity index (χ4v) is 3.42. The number of benzene rings is 2. The van der Waals surface area contributed by atoms with Crippen molar-refractivity contribution in [3.63, 3.8) is 0 Å². The molecular weight excluding hydrogens is 478 g/mol. The van der Waals surface area contributed by atoms with E-state index in [1.807, 2.05) is 60.7 Å². The summed E-state index contributed by atoms with van der Waals surface area (Å²) in [6.45, 7) is -0.324. The number of amides is 3. The number of hydrogen-bond donors (Lipinski definition) is 4. The number of rotatable bonds is 12. The summed E-state index contributed by atoms with van der Waals surface area (Å²) >= 11 is 0. The molecule has 3 rings (SSSR count). The van der Waals surface area contributed by atoms with Crippen LogP contribution < -0.4 is 16.0 Å². The Labute approximate surface area is 214 Å². The molecule has 0 saturated carbocycles. The van der Waals surface area contributed by atoms with E-state index in [4.69, 9.17) is 4.74 Å². The van der Waals surface area contributed by atoms with E-state index in [1.54, 1.807) is 0 Å². The Bertz CT molecular complexity index is 1150. The van der Waals surface area contributed by atoms with E-state index in [2.05, 4.69) is 30.7 Å². The third-order valence-corrected chi connectivity index (χ3v) is 5.35. The van der Waals surface area contributed by atoms with Gasteiger partial charge >= 0.3 is 12.1 Å². The van der Waals surface area contributed by atoms with Crippen molar-refractivity contribution < 1.29 is 28.7 Å². The molecule has 37 heavy (non-hydrogen) atoms. The maximum absolute atomic E-state index is 13.3. The van der Waals surface area contributed by atoms with E-state index >= 15 is 0 Å². The molecular formula is C26H29N5O6. The molecule has 3 amide bonds. The minimum absolute atomic E-state index is 0.0254. The molecule has 194 valence electrons. The zero-order valence-electron chi connectivity index (χ0n) is 20.3. The number of nitrogens with one attached hydrogen (secondary N) is 4. The summed E-state index contributed by atoms with van der Waals surface area (Å²) in [6.07, 6.45) is 2.43. The normalized spacial score (nSPS) is 12.0. The molecule has 4 N–H and O–H groups in total. The third-order valence-electron chi connectivity index (χ3n) is 5.35. The highest BCUT2D eigenvalue weighted by atomic mass is 16.5. The monoisotopic (exact) mass is 507 g/mol. The molecule has 1 aromatic heterocycles. The van der Waals surface area contributed by atoms with Gasteiger partial charge in [-0.25, -0.2) is 9.78 Å². The highest BCUT2D eigenvalue weighted by Crippen LogP contribution is 2.07. The Morgan fingerprint density at radius 1 is 0.865 bits per heavy atom. The smallest absolute Gasteiger partial charge is 0.408 e. The van der Waals surface area contributed by atoms with E-state index in [0.717, 1.165) is 11.1 Å². The second-order valence-corrected chi connectivity index (χ2v) is 8.08. The Kier molecular flexibility index (Phi) is 10.2. The van der Waals surface area contributed by atoms with Crippen LogP contribution >= 0.6 is 0 Å². The lowest BCUT2D eigenvalue weighted by atomic mass is 10.0. The fourth-order valence-electron chi connectivity index (χ4n) is 3.42. The molecule has 0 fully saturated rings. The predicted molar refractivity (Wildman–Crippen MR) is 133 cm³/mol. The molecule has 0 radical (unpaired) electrons. The van der Waals surface area contributed by atoms with Gasteiger partial charge in [0.05, 0.1) is 13.4 Å². The number of aromatic nitrogens is 2. The van der Waals surface area contributed by atoms with Gasteiger partial charge in [0.15, 0.2) is 0 Å². The average molecular weight is 508 g/mol. The maximum Gasteiger partial charge on any atom is 0.408 e. The van der Waals surface area contributed by atoms with Crippen LogP contribution in [0.25, 0.3) is 0 Å². The number of esters is 1. The molecule has 0 aliphatic rings. The summed E-state index contributed by atoms with van der Waals surface area (Å²) in [5.74, 6) is -1.81. The quantitative estimate of drug-likeness (QED) is 0.269. The van der Waals surface area contributed by atoms with Gasteiger partial charge in [-0.3, -0.25) is 14.4 Å².